The van der Waals surface area contributed by atoms with E-state index in [-0.39, 0.29) is 6.10 Å². The van der Waals surface area contributed by atoms with Crippen LogP contribution in [0.25, 0.3) is 0 Å². The molecule has 2 heteroatoms. The zero-order valence-corrected chi connectivity index (χ0v) is 11.5. The molecular weight excluding hydrogens is 246 g/mol. The van der Waals surface area contributed by atoms with E-state index in [1.807, 2.05) is 0 Å². The van der Waals surface area contributed by atoms with Crippen molar-refractivity contribution in [3.05, 3.63) is 71.8 Å². The largest absolute Gasteiger partial charge is 0.367 e. The van der Waals surface area contributed by atoms with Crippen molar-refractivity contribution in [1.29, 1.82) is 0 Å². The predicted octanol–water partition coefficient (Wildman–Crippen LogP) is 3.40. The van der Waals surface area contributed by atoms with Gasteiger partial charge in [-0.05, 0) is 17.5 Å². The Morgan fingerprint density at radius 2 is 1.65 bits per heavy atom. The van der Waals surface area contributed by atoms with Gasteiger partial charge in [-0.1, -0.05) is 60.7 Å². The average molecular weight is 265 g/mol. The minimum absolute atomic E-state index is 0.249. The van der Waals surface area contributed by atoms with E-state index in [1.54, 1.807) is 0 Å². The van der Waals surface area contributed by atoms with Crippen molar-refractivity contribution < 1.29 is 4.74 Å². The monoisotopic (exact) mass is 265 g/mol. The summed E-state index contributed by atoms with van der Waals surface area (Å²) in [7, 11) is 0. The number of nitrogens with zero attached hydrogens (tertiary/aromatic N) is 1. The van der Waals surface area contributed by atoms with Crippen LogP contribution < -0.4 is 0 Å². The number of rotatable bonds is 3. The summed E-state index contributed by atoms with van der Waals surface area (Å²) in [4.78, 5) is 2.58. The average Bonchev–Trinajstić information content (AvgIpc) is 3.09. The highest BCUT2D eigenvalue weighted by Crippen LogP contribution is 2.42. The van der Waals surface area contributed by atoms with Gasteiger partial charge in [-0.25, -0.2) is 0 Å². The number of benzene rings is 2. The summed E-state index contributed by atoms with van der Waals surface area (Å²) in [5, 5.41) is 0. The minimum Gasteiger partial charge on any atom is -0.367 e. The fourth-order valence-electron chi connectivity index (χ4n) is 3.54. The van der Waals surface area contributed by atoms with Gasteiger partial charge in [0.25, 0.3) is 0 Å². The van der Waals surface area contributed by atoms with Crippen LogP contribution in [0.2, 0.25) is 0 Å². The smallest absolute Gasteiger partial charge is 0.0985 e. The predicted molar refractivity (Wildman–Crippen MR) is 79.3 cm³/mol. The number of ether oxygens (including phenoxy) is 1. The molecule has 0 N–H and O–H groups in total. The Balaban J connectivity index is 1.53. The summed E-state index contributed by atoms with van der Waals surface area (Å²) in [5.41, 5.74) is 2.71. The highest BCUT2D eigenvalue weighted by molar-refractivity contribution is 5.23. The second kappa shape index (κ2) is 5.04. The Bertz CT molecular complexity index is 566. The summed E-state index contributed by atoms with van der Waals surface area (Å²) in [6, 6.07) is 21.9. The van der Waals surface area contributed by atoms with Crippen molar-refractivity contribution in [2.24, 2.45) is 0 Å². The first kappa shape index (κ1) is 12.1. The number of morpholine rings is 1. The first-order valence-corrected chi connectivity index (χ1v) is 7.38. The van der Waals surface area contributed by atoms with Crippen LogP contribution in [0.15, 0.2) is 60.7 Å². The Hall–Kier alpha value is -1.64. The second-order valence-electron chi connectivity index (χ2n) is 5.81. The van der Waals surface area contributed by atoms with Crippen molar-refractivity contribution in [2.45, 2.75) is 31.2 Å². The lowest BCUT2D eigenvalue weighted by atomic mass is 10.0. The normalized spacial score (nSPS) is 28.9. The van der Waals surface area contributed by atoms with Crippen molar-refractivity contribution in [3.63, 3.8) is 0 Å². The van der Waals surface area contributed by atoms with E-state index in [0.29, 0.717) is 12.1 Å². The lowest BCUT2D eigenvalue weighted by Gasteiger charge is -2.33. The van der Waals surface area contributed by atoms with E-state index in [0.717, 1.165) is 13.1 Å². The molecule has 0 aliphatic carbocycles. The summed E-state index contributed by atoms with van der Waals surface area (Å²) in [6.07, 6.45) is 1.83. The third kappa shape index (κ3) is 2.15. The number of likely N-dealkylation sites (tertiary alicyclic amines) is 1. The van der Waals surface area contributed by atoms with E-state index >= 15 is 0 Å². The third-order valence-corrected chi connectivity index (χ3v) is 4.46. The number of hydrogen-bond donors (Lipinski definition) is 0. The molecule has 2 aliphatic rings. The SMILES string of the molecule is c1ccc(CN2C[C@H]3C[C@@H]2[C@H](c2ccccc2)O3)cc1. The molecular formula is C18H19NO. The van der Waals surface area contributed by atoms with Gasteiger partial charge in [0.1, 0.15) is 0 Å². The molecule has 0 unspecified atom stereocenters. The lowest BCUT2D eigenvalue weighted by Crippen LogP contribution is -2.38. The van der Waals surface area contributed by atoms with Gasteiger partial charge in [0.15, 0.2) is 0 Å². The van der Waals surface area contributed by atoms with Crippen LogP contribution in [0.3, 0.4) is 0 Å². The van der Waals surface area contributed by atoms with E-state index in [9.17, 15) is 0 Å². The Labute approximate surface area is 120 Å². The number of fused-ring (bicyclic) bond motifs is 2. The van der Waals surface area contributed by atoms with Crippen LogP contribution >= 0.6 is 0 Å². The highest BCUT2D eigenvalue weighted by atomic mass is 16.5. The zero-order chi connectivity index (χ0) is 13.4. The van der Waals surface area contributed by atoms with E-state index < -0.39 is 0 Å². The van der Waals surface area contributed by atoms with Crippen molar-refractivity contribution in [1.82, 2.24) is 4.90 Å². The fourth-order valence-corrected chi connectivity index (χ4v) is 3.54. The first-order valence-electron chi connectivity index (χ1n) is 7.38. The second-order valence-corrected chi connectivity index (χ2v) is 5.81. The van der Waals surface area contributed by atoms with Crippen LogP contribution in [-0.2, 0) is 11.3 Å². The maximum atomic E-state index is 6.17. The Kier molecular flexibility index (Phi) is 3.06. The van der Waals surface area contributed by atoms with Crippen LogP contribution in [0.1, 0.15) is 23.7 Å². The van der Waals surface area contributed by atoms with Crippen LogP contribution in [0.4, 0.5) is 0 Å². The van der Waals surface area contributed by atoms with Gasteiger partial charge in [0, 0.05) is 19.1 Å². The molecule has 0 amide bonds. The van der Waals surface area contributed by atoms with Gasteiger partial charge >= 0.3 is 0 Å². The fraction of sp³-hybridized carbons (Fsp3) is 0.333. The molecule has 102 valence electrons. The summed E-state index contributed by atoms with van der Waals surface area (Å²) in [6.45, 7) is 2.11. The van der Waals surface area contributed by atoms with Gasteiger partial charge < -0.3 is 4.74 Å². The molecule has 0 aromatic heterocycles. The topological polar surface area (TPSA) is 12.5 Å². The molecule has 2 fully saturated rings. The summed E-state index contributed by atoms with van der Waals surface area (Å²) >= 11 is 0. The molecule has 2 saturated heterocycles. The van der Waals surface area contributed by atoms with E-state index in [2.05, 4.69) is 65.6 Å². The van der Waals surface area contributed by atoms with Crippen LogP contribution in [0.5, 0.6) is 0 Å². The maximum absolute atomic E-state index is 6.17. The maximum Gasteiger partial charge on any atom is 0.0985 e. The Morgan fingerprint density at radius 3 is 2.35 bits per heavy atom. The van der Waals surface area contributed by atoms with Gasteiger partial charge in [-0.15, -0.1) is 0 Å². The van der Waals surface area contributed by atoms with E-state index in [1.165, 1.54) is 17.5 Å². The molecule has 2 heterocycles. The molecule has 0 radical (unpaired) electrons. The molecule has 2 aromatic carbocycles. The standard InChI is InChI=1S/C18H19NO/c1-3-7-14(8-4-1)12-19-13-16-11-17(19)18(20-16)15-9-5-2-6-10-15/h1-10,16-18H,11-13H2/t16-,17-,18+/m1/s1. The van der Waals surface area contributed by atoms with E-state index in [4.69, 9.17) is 4.74 Å². The van der Waals surface area contributed by atoms with Gasteiger partial charge in [0.2, 0.25) is 0 Å². The molecule has 4 rings (SSSR count). The minimum atomic E-state index is 0.249. The first-order chi connectivity index (χ1) is 9.90. The van der Waals surface area contributed by atoms with Gasteiger partial charge in [-0.2, -0.15) is 0 Å². The quantitative estimate of drug-likeness (QED) is 0.843. The molecule has 2 bridgehead atoms. The molecule has 3 atom stereocenters. The van der Waals surface area contributed by atoms with Crippen LogP contribution in [-0.4, -0.2) is 23.6 Å². The van der Waals surface area contributed by atoms with Crippen molar-refractivity contribution in [2.75, 3.05) is 6.54 Å². The van der Waals surface area contributed by atoms with Crippen LogP contribution in [0, 0.1) is 0 Å². The molecule has 0 spiro atoms. The number of hydrogen-bond acceptors (Lipinski definition) is 2. The molecule has 20 heavy (non-hydrogen) atoms. The molecule has 2 nitrogen and oxygen atoms in total. The lowest BCUT2D eigenvalue weighted by molar-refractivity contribution is -0.0381. The zero-order valence-electron chi connectivity index (χ0n) is 11.5. The third-order valence-electron chi connectivity index (χ3n) is 4.46. The summed E-state index contributed by atoms with van der Waals surface area (Å²) in [5.74, 6) is 0. The summed E-state index contributed by atoms with van der Waals surface area (Å²) < 4.78 is 6.17. The highest BCUT2D eigenvalue weighted by Gasteiger charge is 2.46. The molecule has 0 saturated carbocycles. The van der Waals surface area contributed by atoms with Crippen molar-refractivity contribution in [3.8, 4) is 0 Å². The van der Waals surface area contributed by atoms with Gasteiger partial charge in [0.05, 0.1) is 12.2 Å². The van der Waals surface area contributed by atoms with Gasteiger partial charge in [-0.3, -0.25) is 4.90 Å². The Morgan fingerprint density at radius 1 is 0.950 bits per heavy atom. The van der Waals surface area contributed by atoms with Crippen molar-refractivity contribution >= 4 is 0 Å². The molecule has 2 aromatic rings. The molecule has 2 aliphatic heterocycles.